The van der Waals surface area contributed by atoms with E-state index >= 15 is 0 Å². The van der Waals surface area contributed by atoms with E-state index in [1.807, 2.05) is 18.7 Å². The topological polar surface area (TPSA) is 66.6 Å². The van der Waals surface area contributed by atoms with E-state index in [1.54, 1.807) is 18.2 Å². The minimum absolute atomic E-state index is 0.0472. The summed E-state index contributed by atoms with van der Waals surface area (Å²) in [5.74, 6) is 0.680. The van der Waals surface area contributed by atoms with E-state index < -0.39 is 0 Å². The molecule has 4 nitrogen and oxygen atoms in total. The van der Waals surface area contributed by atoms with Crippen LogP contribution in [0.25, 0.3) is 0 Å². The highest BCUT2D eigenvalue weighted by Gasteiger charge is 2.31. The van der Waals surface area contributed by atoms with Crippen molar-refractivity contribution in [3.05, 3.63) is 29.3 Å². The third-order valence-electron chi connectivity index (χ3n) is 4.62. The maximum Gasteiger partial charge on any atom is 0.254 e. The van der Waals surface area contributed by atoms with Gasteiger partial charge in [-0.3, -0.25) is 4.79 Å². The number of rotatable bonds is 4. The summed E-state index contributed by atoms with van der Waals surface area (Å²) in [6.45, 7) is 5.17. The first-order valence-corrected chi connectivity index (χ1v) is 7.89. The summed E-state index contributed by atoms with van der Waals surface area (Å²) in [7, 11) is 0. The fraction of sp³-hybridized carbons (Fsp3) is 0.588. The minimum Gasteiger partial charge on any atom is -0.508 e. The van der Waals surface area contributed by atoms with Gasteiger partial charge in [0.15, 0.2) is 0 Å². The van der Waals surface area contributed by atoms with Gasteiger partial charge in [-0.2, -0.15) is 0 Å². The van der Waals surface area contributed by atoms with Gasteiger partial charge in [-0.25, -0.2) is 0 Å². The second-order valence-electron chi connectivity index (χ2n) is 5.94. The number of aryl methyl sites for hydroxylation is 1. The Morgan fingerprint density at radius 2 is 2.10 bits per heavy atom. The number of benzene rings is 1. The number of nitrogens with two attached hydrogens (primary N) is 1. The molecule has 0 radical (unpaired) electrons. The van der Waals surface area contributed by atoms with Crippen LogP contribution in [-0.4, -0.2) is 35.0 Å². The van der Waals surface area contributed by atoms with Crippen LogP contribution in [0.3, 0.4) is 0 Å². The molecule has 1 aromatic rings. The molecule has 0 saturated heterocycles. The summed E-state index contributed by atoms with van der Waals surface area (Å²) in [4.78, 5) is 14.8. The maximum absolute atomic E-state index is 12.8. The van der Waals surface area contributed by atoms with Gasteiger partial charge >= 0.3 is 0 Å². The normalized spacial score (nSPS) is 22.0. The van der Waals surface area contributed by atoms with Crippen molar-refractivity contribution < 1.29 is 9.90 Å². The number of aromatic hydroxyl groups is 1. The SMILES string of the molecule is CCN(C(=O)c1ccc(O)c(C)c1)C1CCCCC1CN. The lowest BCUT2D eigenvalue weighted by Gasteiger charge is -2.39. The molecule has 1 fully saturated rings. The quantitative estimate of drug-likeness (QED) is 0.896. The van der Waals surface area contributed by atoms with Gasteiger partial charge < -0.3 is 15.7 Å². The molecule has 1 saturated carbocycles. The van der Waals surface area contributed by atoms with Crippen molar-refractivity contribution in [2.24, 2.45) is 11.7 Å². The van der Waals surface area contributed by atoms with E-state index in [0.717, 1.165) is 18.4 Å². The van der Waals surface area contributed by atoms with Crippen LogP contribution in [-0.2, 0) is 0 Å². The van der Waals surface area contributed by atoms with E-state index in [2.05, 4.69) is 0 Å². The van der Waals surface area contributed by atoms with Crippen LogP contribution in [0.2, 0.25) is 0 Å². The van der Waals surface area contributed by atoms with Crippen LogP contribution in [0.4, 0.5) is 0 Å². The van der Waals surface area contributed by atoms with Crippen molar-refractivity contribution in [3.63, 3.8) is 0 Å². The second-order valence-corrected chi connectivity index (χ2v) is 5.94. The Hall–Kier alpha value is -1.55. The fourth-order valence-electron chi connectivity index (χ4n) is 3.36. The third-order valence-corrected chi connectivity index (χ3v) is 4.62. The van der Waals surface area contributed by atoms with Crippen LogP contribution in [0, 0.1) is 12.8 Å². The van der Waals surface area contributed by atoms with Crippen LogP contribution in [0.15, 0.2) is 18.2 Å². The van der Waals surface area contributed by atoms with E-state index in [9.17, 15) is 9.90 Å². The Bertz CT molecular complexity index is 502. The summed E-state index contributed by atoms with van der Waals surface area (Å²) in [6.07, 6.45) is 4.53. The first kappa shape index (κ1) is 15.8. The molecule has 21 heavy (non-hydrogen) atoms. The van der Waals surface area contributed by atoms with Gasteiger partial charge in [0.05, 0.1) is 0 Å². The number of phenols is 1. The average Bonchev–Trinajstić information content (AvgIpc) is 2.51. The molecule has 0 spiro atoms. The van der Waals surface area contributed by atoms with Gasteiger partial charge in [-0.05, 0) is 62.9 Å². The van der Waals surface area contributed by atoms with E-state index in [0.29, 0.717) is 24.6 Å². The van der Waals surface area contributed by atoms with Gasteiger partial charge in [-0.1, -0.05) is 12.8 Å². The third kappa shape index (κ3) is 3.38. The lowest BCUT2D eigenvalue weighted by atomic mass is 9.83. The summed E-state index contributed by atoms with van der Waals surface area (Å²) >= 11 is 0. The van der Waals surface area contributed by atoms with Crippen LogP contribution in [0.5, 0.6) is 5.75 Å². The first-order chi connectivity index (χ1) is 10.1. The standard InChI is InChI=1S/C17H26N2O2/c1-3-19(15-7-5-4-6-14(15)11-18)17(21)13-8-9-16(20)12(2)10-13/h8-10,14-15,20H,3-7,11,18H2,1-2H3. The fourth-order valence-corrected chi connectivity index (χ4v) is 3.36. The second kappa shape index (κ2) is 6.94. The molecule has 0 bridgehead atoms. The monoisotopic (exact) mass is 290 g/mol. The van der Waals surface area contributed by atoms with Gasteiger partial charge in [0.1, 0.15) is 5.75 Å². The minimum atomic E-state index is 0.0472. The molecule has 3 N–H and O–H groups in total. The molecule has 0 heterocycles. The molecule has 1 aliphatic carbocycles. The number of phenolic OH excluding ortho intramolecular Hbond substituents is 1. The zero-order valence-electron chi connectivity index (χ0n) is 13.0. The molecule has 116 valence electrons. The van der Waals surface area contributed by atoms with Crippen LogP contribution >= 0.6 is 0 Å². The summed E-state index contributed by atoms with van der Waals surface area (Å²) in [5.41, 5.74) is 7.28. The molecule has 4 heteroatoms. The van der Waals surface area contributed by atoms with E-state index in [-0.39, 0.29) is 17.7 Å². The lowest BCUT2D eigenvalue weighted by molar-refractivity contribution is 0.0560. The van der Waals surface area contributed by atoms with Crippen molar-refractivity contribution in [2.75, 3.05) is 13.1 Å². The number of nitrogens with zero attached hydrogens (tertiary/aromatic N) is 1. The number of amides is 1. The van der Waals surface area contributed by atoms with Crippen LogP contribution in [0.1, 0.15) is 48.5 Å². The molecule has 0 aliphatic heterocycles. The van der Waals surface area contributed by atoms with E-state index in [1.165, 1.54) is 12.8 Å². The average molecular weight is 290 g/mol. The highest BCUT2D eigenvalue weighted by molar-refractivity contribution is 5.94. The molecule has 2 rings (SSSR count). The maximum atomic E-state index is 12.8. The number of hydrogen-bond acceptors (Lipinski definition) is 3. The Morgan fingerprint density at radius 3 is 2.71 bits per heavy atom. The summed E-state index contributed by atoms with van der Waals surface area (Å²) < 4.78 is 0. The molecule has 2 unspecified atom stereocenters. The Balaban J connectivity index is 2.22. The van der Waals surface area contributed by atoms with Crippen molar-refractivity contribution in [2.45, 2.75) is 45.6 Å². The largest absolute Gasteiger partial charge is 0.508 e. The Morgan fingerprint density at radius 1 is 1.38 bits per heavy atom. The smallest absolute Gasteiger partial charge is 0.254 e. The molecule has 0 aromatic heterocycles. The van der Waals surface area contributed by atoms with E-state index in [4.69, 9.17) is 5.73 Å². The number of carbonyl (C=O) groups is 1. The van der Waals surface area contributed by atoms with Gasteiger partial charge in [0.2, 0.25) is 0 Å². The summed E-state index contributed by atoms with van der Waals surface area (Å²) in [5, 5.41) is 9.61. The number of hydrogen-bond donors (Lipinski definition) is 2. The van der Waals surface area contributed by atoms with Crippen LogP contribution < -0.4 is 5.73 Å². The van der Waals surface area contributed by atoms with Crippen molar-refractivity contribution in [1.82, 2.24) is 4.90 Å². The van der Waals surface area contributed by atoms with Gasteiger partial charge in [0.25, 0.3) is 5.91 Å². The predicted octanol–water partition coefficient (Wildman–Crippen LogP) is 2.68. The zero-order valence-corrected chi connectivity index (χ0v) is 13.0. The molecular formula is C17H26N2O2. The van der Waals surface area contributed by atoms with Crippen molar-refractivity contribution in [1.29, 1.82) is 0 Å². The molecule has 1 aromatic carbocycles. The van der Waals surface area contributed by atoms with Crippen molar-refractivity contribution in [3.8, 4) is 5.75 Å². The lowest BCUT2D eigenvalue weighted by Crippen LogP contribution is -2.48. The highest BCUT2D eigenvalue weighted by atomic mass is 16.3. The molecule has 2 atom stereocenters. The van der Waals surface area contributed by atoms with Crippen molar-refractivity contribution >= 4 is 5.91 Å². The predicted molar refractivity (Wildman–Crippen MR) is 84.4 cm³/mol. The highest BCUT2D eigenvalue weighted by Crippen LogP contribution is 2.29. The first-order valence-electron chi connectivity index (χ1n) is 7.89. The molecular weight excluding hydrogens is 264 g/mol. The van der Waals surface area contributed by atoms with Gasteiger partial charge in [0, 0.05) is 18.2 Å². The number of carbonyl (C=O) groups excluding carboxylic acids is 1. The Labute approximate surface area is 126 Å². The molecule has 1 amide bonds. The summed E-state index contributed by atoms with van der Waals surface area (Å²) in [6, 6.07) is 5.31. The molecule has 1 aliphatic rings. The zero-order chi connectivity index (χ0) is 15.4. The Kier molecular flexibility index (Phi) is 5.23. The van der Waals surface area contributed by atoms with Gasteiger partial charge in [-0.15, -0.1) is 0 Å².